The summed E-state index contributed by atoms with van der Waals surface area (Å²) in [6.45, 7) is 3.41. The third kappa shape index (κ3) is 4.19. The molecule has 0 spiro atoms. The average Bonchev–Trinajstić information content (AvgIpc) is 3.09. The summed E-state index contributed by atoms with van der Waals surface area (Å²) < 4.78 is 52.5. The molecule has 6 rings (SSSR count). The first kappa shape index (κ1) is 22.5. The molecule has 178 valence electrons. The summed E-state index contributed by atoms with van der Waals surface area (Å²) in [7, 11) is 0. The Morgan fingerprint density at radius 3 is 2.39 bits per heavy atom. The van der Waals surface area contributed by atoms with Crippen LogP contribution in [0.4, 0.5) is 13.2 Å². The zero-order valence-electron chi connectivity index (χ0n) is 18.0. The Hall–Kier alpha value is -2.33. The van der Waals surface area contributed by atoms with Crippen molar-refractivity contribution in [1.82, 2.24) is 15.5 Å². The number of carbonyl (C=O) groups is 1. The minimum absolute atomic E-state index is 0.205. The molecule has 0 unspecified atom stereocenters. The molecule has 4 aliphatic rings. The van der Waals surface area contributed by atoms with Crippen molar-refractivity contribution >= 4 is 17.5 Å². The van der Waals surface area contributed by atoms with Crippen LogP contribution in [0.2, 0.25) is 5.02 Å². The summed E-state index contributed by atoms with van der Waals surface area (Å²) in [5, 5.41) is 11.9. The van der Waals surface area contributed by atoms with Crippen molar-refractivity contribution in [1.29, 1.82) is 0 Å². The lowest BCUT2D eigenvalue weighted by Crippen LogP contribution is -2.78. The van der Waals surface area contributed by atoms with E-state index in [-0.39, 0.29) is 35.6 Å². The van der Waals surface area contributed by atoms with E-state index in [9.17, 15) is 18.0 Å². The summed E-state index contributed by atoms with van der Waals surface area (Å²) >= 11 is 5.89. The Morgan fingerprint density at radius 2 is 1.79 bits per heavy atom. The monoisotopic (exact) mass is 485 g/mol. The van der Waals surface area contributed by atoms with Gasteiger partial charge in [-0.1, -0.05) is 11.6 Å². The molecular weight excluding hydrogens is 463 g/mol. The number of ether oxygens (including phenoxy) is 2. The molecule has 1 heterocycles. The maximum atomic E-state index is 12.9. The summed E-state index contributed by atoms with van der Waals surface area (Å²) in [4.78, 5) is 12.9. The smallest absolute Gasteiger partial charge is 0.478 e. The van der Waals surface area contributed by atoms with Crippen LogP contribution >= 0.6 is 11.6 Å². The lowest BCUT2D eigenvalue weighted by molar-refractivity contribution is -0.352. The first-order valence-corrected chi connectivity index (χ1v) is 11.1. The quantitative estimate of drug-likeness (QED) is 0.614. The van der Waals surface area contributed by atoms with Gasteiger partial charge in [-0.2, -0.15) is 0 Å². The fourth-order valence-electron chi connectivity index (χ4n) is 5.05. The van der Waals surface area contributed by atoms with Gasteiger partial charge in [-0.05, 0) is 70.2 Å². The lowest BCUT2D eigenvalue weighted by Gasteiger charge is -2.68. The second-order valence-corrected chi connectivity index (χ2v) is 10.3. The first-order chi connectivity index (χ1) is 15.4. The van der Waals surface area contributed by atoms with E-state index in [1.807, 2.05) is 0 Å². The Labute approximate surface area is 193 Å². The minimum atomic E-state index is -4.63. The van der Waals surface area contributed by atoms with Crippen molar-refractivity contribution in [3.05, 3.63) is 41.1 Å². The van der Waals surface area contributed by atoms with Crippen LogP contribution in [-0.4, -0.2) is 39.7 Å². The molecule has 4 fully saturated rings. The molecule has 4 saturated carbocycles. The van der Waals surface area contributed by atoms with Gasteiger partial charge in [0.1, 0.15) is 5.75 Å². The van der Waals surface area contributed by atoms with E-state index in [4.69, 9.17) is 20.8 Å². The highest BCUT2D eigenvalue weighted by molar-refractivity contribution is 6.30. The molecule has 1 aromatic heterocycles. The highest BCUT2D eigenvalue weighted by Gasteiger charge is 2.72. The summed E-state index contributed by atoms with van der Waals surface area (Å²) in [6.07, 6.45) is -3.06. The molecule has 33 heavy (non-hydrogen) atoms. The second kappa shape index (κ2) is 7.33. The fourth-order valence-corrected chi connectivity index (χ4v) is 5.17. The molecule has 0 radical (unpaired) electrons. The van der Waals surface area contributed by atoms with Crippen molar-refractivity contribution in [2.24, 2.45) is 0 Å². The highest BCUT2D eigenvalue weighted by atomic mass is 35.5. The van der Waals surface area contributed by atoms with E-state index in [1.165, 1.54) is 0 Å². The van der Waals surface area contributed by atoms with Crippen molar-refractivity contribution < 1.29 is 31.9 Å². The predicted molar refractivity (Wildman–Crippen MR) is 110 cm³/mol. The van der Waals surface area contributed by atoms with Crippen LogP contribution in [0.3, 0.4) is 0 Å². The fraction of sp³-hybridized carbons (Fsp3) is 0.591. The standard InChI is InChI=1S/C22H23ClF3N3O4/c1-19(2,32-14-5-3-13(23)4-6-14)17(30)27-21-9-20(10-21,11-21)18-29-28-16(31-18)12-7-15(8-12)33-22(24,25)26/h3-6,12,15H,7-11H2,1-2H3,(H,27,30). The SMILES string of the molecule is CC(C)(Oc1ccc(Cl)cc1)C(=O)NC12CC(c3nnc(C4CC(OC(F)(F)F)C4)o3)(C1)C2. The van der Waals surface area contributed by atoms with Gasteiger partial charge >= 0.3 is 6.36 Å². The maximum Gasteiger partial charge on any atom is 0.522 e. The Morgan fingerprint density at radius 1 is 1.15 bits per heavy atom. The van der Waals surface area contributed by atoms with Crippen molar-refractivity contribution in [3.63, 3.8) is 0 Å². The Balaban J connectivity index is 1.13. The van der Waals surface area contributed by atoms with Crippen LogP contribution < -0.4 is 10.1 Å². The van der Waals surface area contributed by atoms with E-state index in [0.717, 1.165) is 0 Å². The molecule has 1 aromatic carbocycles. The van der Waals surface area contributed by atoms with Gasteiger partial charge in [0.25, 0.3) is 5.91 Å². The largest absolute Gasteiger partial charge is 0.522 e. The average molecular weight is 486 g/mol. The second-order valence-electron chi connectivity index (χ2n) is 9.91. The Bertz CT molecular complexity index is 1040. The van der Waals surface area contributed by atoms with E-state index in [0.29, 0.717) is 41.8 Å². The summed E-state index contributed by atoms with van der Waals surface area (Å²) in [6, 6.07) is 6.81. The lowest BCUT2D eigenvalue weighted by atomic mass is 9.39. The number of nitrogens with zero attached hydrogens (tertiary/aromatic N) is 2. The minimum Gasteiger partial charge on any atom is -0.478 e. The van der Waals surface area contributed by atoms with Crippen LogP contribution in [0.15, 0.2) is 28.7 Å². The Kier molecular flexibility index (Phi) is 4.99. The maximum absolute atomic E-state index is 12.9. The molecule has 4 aliphatic carbocycles. The van der Waals surface area contributed by atoms with Gasteiger partial charge in [-0.15, -0.1) is 23.4 Å². The van der Waals surface area contributed by atoms with Gasteiger partial charge in [0.2, 0.25) is 11.8 Å². The molecule has 1 amide bonds. The van der Waals surface area contributed by atoms with Gasteiger partial charge in [0, 0.05) is 16.5 Å². The van der Waals surface area contributed by atoms with Gasteiger partial charge in [0.05, 0.1) is 11.5 Å². The number of alkyl halides is 3. The van der Waals surface area contributed by atoms with Crippen LogP contribution in [0.5, 0.6) is 5.75 Å². The van der Waals surface area contributed by atoms with Crippen LogP contribution in [0.1, 0.15) is 63.7 Å². The molecule has 7 nitrogen and oxygen atoms in total. The van der Waals surface area contributed by atoms with E-state index < -0.39 is 18.1 Å². The molecule has 0 atom stereocenters. The van der Waals surface area contributed by atoms with Crippen molar-refractivity contribution in [2.45, 2.75) is 80.9 Å². The van der Waals surface area contributed by atoms with Crippen molar-refractivity contribution in [3.8, 4) is 5.75 Å². The number of benzene rings is 1. The van der Waals surface area contributed by atoms with E-state index >= 15 is 0 Å². The topological polar surface area (TPSA) is 86.5 Å². The summed E-state index contributed by atoms with van der Waals surface area (Å²) in [5.41, 5.74) is -1.67. The number of amides is 1. The van der Waals surface area contributed by atoms with Gasteiger partial charge < -0.3 is 14.5 Å². The van der Waals surface area contributed by atoms with Gasteiger partial charge in [-0.25, -0.2) is 0 Å². The molecule has 1 N–H and O–H groups in total. The number of rotatable bonds is 7. The normalized spacial score (nSPS) is 30.6. The molecule has 11 heteroatoms. The number of aromatic nitrogens is 2. The van der Waals surface area contributed by atoms with Crippen LogP contribution in [-0.2, 0) is 14.9 Å². The molecule has 2 bridgehead atoms. The van der Waals surface area contributed by atoms with Crippen molar-refractivity contribution in [2.75, 3.05) is 0 Å². The van der Waals surface area contributed by atoms with Gasteiger partial charge in [-0.3, -0.25) is 9.53 Å². The number of nitrogens with one attached hydrogen (secondary N) is 1. The zero-order valence-corrected chi connectivity index (χ0v) is 18.8. The third-order valence-corrected chi connectivity index (χ3v) is 7.03. The molecule has 2 aromatic rings. The highest BCUT2D eigenvalue weighted by Crippen LogP contribution is 2.67. The number of hydrogen-bond donors (Lipinski definition) is 1. The van der Waals surface area contributed by atoms with E-state index in [2.05, 4.69) is 20.3 Å². The van der Waals surface area contributed by atoms with E-state index in [1.54, 1.807) is 38.1 Å². The number of carbonyl (C=O) groups excluding carboxylic acids is 1. The third-order valence-electron chi connectivity index (χ3n) is 6.78. The van der Waals surface area contributed by atoms with Crippen LogP contribution in [0.25, 0.3) is 0 Å². The number of halogens is 4. The van der Waals surface area contributed by atoms with Crippen LogP contribution in [0, 0.1) is 0 Å². The molecule has 0 saturated heterocycles. The first-order valence-electron chi connectivity index (χ1n) is 10.7. The predicted octanol–water partition coefficient (Wildman–Crippen LogP) is 4.65. The molecular formula is C22H23ClF3N3O4. The number of hydrogen-bond acceptors (Lipinski definition) is 6. The zero-order chi connectivity index (χ0) is 23.6. The summed E-state index contributed by atoms with van der Waals surface area (Å²) in [5.74, 6) is 0.955. The van der Waals surface area contributed by atoms with Gasteiger partial charge in [0.15, 0.2) is 5.60 Å². The molecule has 0 aliphatic heterocycles.